The second kappa shape index (κ2) is 5.35. The van der Waals surface area contributed by atoms with Crippen molar-refractivity contribution in [3.63, 3.8) is 0 Å². The Kier molecular flexibility index (Phi) is 3.60. The molecule has 1 aromatic carbocycles. The Morgan fingerprint density at radius 2 is 2.15 bits per heavy atom. The van der Waals surface area contributed by atoms with Gasteiger partial charge >= 0.3 is 0 Å². The second-order valence-corrected chi connectivity index (χ2v) is 4.05. The zero-order valence-electron chi connectivity index (χ0n) is 10.5. The topological polar surface area (TPSA) is 105 Å². The minimum atomic E-state index is -0.607. The number of anilines is 1. The van der Waals surface area contributed by atoms with Gasteiger partial charge < -0.3 is 10.4 Å². The summed E-state index contributed by atoms with van der Waals surface area (Å²) in [5.41, 5.74) is 0.613. The van der Waals surface area contributed by atoms with Crippen molar-refractivity contribution in [2.45, 2.75) is 6.92 Å². The van der Waals surface area contributed by atoms with Crippen molar-refractivity contribution in [1.29, 1.82) is 0 Å². The lowest BCUT2D eigenvalue weighted by atomic mass is 10.2. The van der Waals surface area contributed by atoms with Gasteiger partial charge in [-0.3, -0.25) is 19.9 Å². The number of nitro groups is 1. The lowest BCUT2D eigenvalue weighted by Crippen LogP contribution is -2.14. The summed E-state index contributed by atoms with van der Waals surface area (Å²) in [5.74, 6) is -0.739. The fourth-order valence-corrected chi connectivity index (χ4v) is 1.65. The molecule has 0 spiro atoms. The Morgan fingerprint density at radius 1 is 1.40 bits per heavy atom. The lowest BCUT2D eigenvalue weighted by molar-refractivity contribution is -0.384. The predicted octanol–water partition coefficient (Wildman–Crippen LogP) is 2.26. The number of nitro benzene ring substituents is 1. The molecule has 1 heterocycles. The van der Waals surface area contributed by atoms with Crippen molar-refractivity contribution in [1.82, 2.24) is 4.98 Å². The SMILES string of the molecule is Cc1ncccc1C(=O)Nc1cc([N+](=O)[O-])ccc1O. The summed E-state index contributed by atoms with van der Waals surface area (Å²) in [4.78, 5) is 26.1. The number of phenolic OH excluding ortho intramolecular Hbond substituents is 1. The highest BCUT2D eigenvalue weighted by atomic mass is 16.6. The molecule has 0 aliphatic rings. The highest BCUT2D eigenvalue weighted by molar-refractivity contribution is 6.05. The molecule has 0 atom stereocenters. The molecule has 0 bridgehead atoms. The fourth-order valence-electron chi connectivity index (χ4n) is 1.65. The fraction of sp³-hybridized carbons (Fsp3) is 0.0769. The molecule has 0 unspecified atom stereocenters. The monoisotopic (exact) mass is 273 g/mol. The standard InChI is InChI=1S/C13H11N3O4/c1-8-10(3-2-6-14-8)13(18)15-11-7-9(16(19)20)4-5-12(11)17/h2-7,17H,1H3,(H,15,18). The molecule has 0 saturated heterocycles. The van der Waals surface area contributed by atoms with Crippen molar-refractivity contribution in [3.05, 3.63) is 57.9 Å². The average molecular weight is 273 g/mol. The van der Waals surface area contributed by atoms with Crippen LogP contribution < -0.4 is 5.32 Å². The smallest absolute Gasteiger partial charge is 0.271 e. The number of nitrogens with one attached hydrogen (secondary N) is 1. The highest BCUT2D eigenvalue weighted by Gasteiger charge is 2.15. The third-order valence-corrected chi connectivity index (χ3v) is 2.69. The van der Waals surface area contributed by atoms with E-state index in [9.17, 15) is 20.0 Å². The first kappa shape index (κ1) is 13.5. The van der Waals surface area contributed by atoms with E-state index in [4.69, 9.17) is 0 Å². The maximum Gasteiger partial charge on any atom is 0.271 e. The van der Waals surface area contributed by atoms with Crippen LogP contribution in [0.3, 0.4) is 0 Å². The third-order valence-electron chi connectivity index (χ3n) is 2.69. The molecule has 0 aliphatic carbocycles. The number of rotatable bonds is 3. The van der Waals surface area contributed by atoms with Crippen molar-refractivity contribution < 1.29 is 14.8 Å². The number of aromatic hydroxyl groups is 1. The number of nitrogens with zero attached hydrogens (tertiary/aromatic N) is 2. The van der Waals surface area contributed by atoms with Crippen LogP contribution in [0.4, 0.5) is 11.4 Å². The Morgan fingerprint density at radius 3 is 2.80 bits per heavy atom. The van der Waals surface area contributed by atoms with Gasteiger partial charge in [-0.15, -0.1) is 0 Å². The van der Waals surface area contributed by atoms with Gasteiger partial charge in [0, 0.05) is 24.0 Å². The van der Waals surface area contributed by atoms with Crippen molar-refractivity contribution in [2.24, 2.45) is 0 Å². The second-order valence-electron chi connectivity index (χ2n) is 4.05. The van der Waals surface area contributed by atoms with Crippen LogP contribution >= 0.6 is 0 Å². The molecule has 0 saturated carbocycles. The van der Waals surface area contributed by atoms with E-state index in [0.29, 0.717) is 11.3 Å². The summed E-state index contributed by atoms with van der Waals surface area (Å²) in [6.07, 6.45) is 1.55. The summed E-state index contributed by atoms with van der Waals surface area (Å²) in [6, 6.07) is 6.59. The summed E-state index contributed by atoms with van der Waals surface area (Å²) < 4.78 is 0. The van der Waals surface area contributed by atoms with Crippen LogP contribution in [-0.2, 0) is 0 Å². The van der Waals surface area contributed by atoms with Gasteiger partial charge in [0.2, 0.25) is 0 Å². The minimum absolute atomic E-state index is 0.0209. The Balaban J connectivity index is 2.30. The van der Waals surface area contributed by atoms with Crippen LogP contribution in [0.1, 0.15) is 16.1 Å². The average Bonchev–Trinajstić information content (AvgIpc) is 2.41. The molecule has 0 radical (unpaired) electrons. The minimum Gasteiger partial charge on any atom is -0.506 e. The first-order chi connectivity index (χ1) is 9.49. The van der Waals surface area contributed by atoms with Crippen LogP contribution in [0.5, 0.6) is 5.75 Å². The zero-order chi connectivity index (χ0) is 14.7. The number of hydrogen-bond acceptors (Lipinski definition) is 5. The number of amides is 1. The summed E-state index contributed by atoms with van der Waals surface area (Å²) in [5, 5.41) is 22.7. The van der Waals surface area contributed by atoms with Gasteiger partial charge in [0.1, 0.15) is 5.75 Å². The molecule has 7 nitrogen and oxygen atoms in total. The number of non-ortho nitro benzene ring substituents is 1. The number of pyridine rings is 1. The largest absolute Gasteiger partial charge is 0.506 e. The summed E-state index contributed by atoms with van der Waals surface area (Å²) in [6.45, 7) is 1.67. The van der Waals surface area contributed by atoms with Crippen molar-refractivity contribution in [2.75, 3.05) is 5.32 Å². The molecule has 20 heavy (non-hydrogen) atoms. The lowest BCUT2D eigenvalue weighted by Gasteiger charge is -2.08. The molecular weight excluding hydrogens is 262 g/mol. The quantitative estimate of drug-likeness (QED) is 0.507. The van der Waals surface area contributed by atoms with E-state index in [0.717, 1.165) is 18.2 Å². The molecule has 2 aromatic rings. The van der Waals surface area contributed by atoms with Gasteiger partial charge in [-0.1, -0.05) is 0 Å². The summed E-state index contributed by atoms with van der Waals surface area (Å²) in [7, 11) is 0. The molecule has 0 aliphatic heterocycles. The third kappa shape index (κ3) is 2.72. The zero-order valence-corrected chi connectivity index (χ0v) is 10.5. The molecule has 1 amide bonds. The molecule has 0 fully saturated rings. The number of aryl methyl sites for hydroxylation is 1. The maximum atomic E-state index is 12.0. The van der Waals surface area contributed by atoms with E-state index < -0.39 is 10.8 Å². The Bertz CT molecular complexity index is 685. The van der Waals surface area contributed by atoms with E-state index in [-0.39, 0.29) is 17.1 Å². The number of hydrogen-bond donors (Lipinski definition) is 2. The number of aromatic nitrogens is 1. The number of carbonyl (C=O) groups excluding carboxylic acids is 1. The van der Waals surface area contributed by atoms with E-state index >= 15 is 0 Å². The molecule has 7 heteroatoms. The molecule has 2 rings (SSSR count). The van der Waals surface area contributed by atoms with Crippen LogP contribution in [0.15, 0.2) is 36.5 Å². The Hall–Kier alpha value is -2.96. The van der Waals surface area contributed by atoms with Crippen LogP contribution in [0.25, 0.3) is 0 Å². The highest BCUT2D eigenvalue weighted by Crippen LogP contribution is 2.28. The molecular formula is C13H11N3O4. The van der Waals surface area contributed by atoms with E-state index in [1.807, 2.05) is 0 Å². The van der Waals surface area contributed by atoms with Gasteiger partial charge in [0.15, 0.2) is 0 Å². The molecule has 102 valence electrons. The normalized spacial score (nSPS) is 10.1. The van der Waals surface area contributed by atoms with Crippen LogP contribution in [0, 0.1) is 17.0 Å². The van der Waals surface area contributed by atoms with E-state index in [1.54, 1.807) is 25.3 Å². The van der Waals surface area contributed by atoms with Crippen LogP contribution in [0.2, 0.25) is 0 Å². The summed E-state index contributed by atoms with van der Waals surface area (Å²) >= 11 is 0. The number of benzene rings is 1. The molecule has 1 aromatic heterocycles. The first-order valence-corrected chi connectivity index (χ1v) is 5.69. The number of phenols is 1. The van der Waals surface area contributed by atoms with Gasteiger partial charge in [0.05, 0.1) is 16.2 Å². The van der Waals surface area contributed by atoms with E-state index in [2.05, 4.69) is 10.3 Å². The van der Waals surface area contributed by atoms with Gasteiger partial charge in [-0.2, -0.15) is 0 Å². The van der Waals surface area contributed by atoms with Crippen molar-refractivity contribution in [3.8, 4) is 5.75 Å². The van der Waals surface area contributed by atoms with Gasteiger partial charge in [0.25, 0.3) is 11.6 Å². The van der Waals surface area contributed by atoms with Crippen LogP contribution in [-0.4, -0.2) is 20.9 Å². The Labute approximate surface area is 114 Å². The van der Waals surface area contributed by atoms with Gasteiger partial charge in [-0.25, -0.2) is 0 Å². The first-order valence-electron chi connectivity index (χ1n) is 5.69. The maximum absolute atomic E-state index is 12.0. The van der Waals surface area contributed by atoms with Gasteiger partial charge in [-0.05, 0) is 25.1 Å². The molecule has 2 N–H and O–H groups in total. The predicted molar refractivity (Wildman–Crippen MR) is 71.7 cm³/mol. The number of carbonyl (C=O) groups is 1. The van der Waals surface area contributed by atoms with E-state index in [1.165, 1.54) is 0 Å². The van der Waals surface area contributed by atoms with Crippen molar-refractivity contribution >= 4 is 17.3 Å².